The highest BCUT2D eigenvalue weighted by molar-refractivity contribution is 7.99. The number of ether oxygens (including phenoxy) is 2. The van der Waals surface area contributed by atoms with E-state index in [1.165, 1.54) is 0 Å². The Hall–Kier alpha value is -3.97. The molecular weight excluding hydrogens is 518 g/mol. The zero-order valence-electron chi connectivity index (χ0n) is 23.3. The number of allylic oxidation sites excluding steroid dienone is 1. The maximum absolute atomic E-state index is 12.4. The average Bonchev–Trinajstić information content (AvgIpc) is 3.36. The van der Waals surface area contributed by atoms with E-state index in [2.05, 4.69) is 52.9 Å². The van der Waals surface area contributed by atoms with Gasteiger partial charge in [-0.2, -0.15) is 0 Å². The van der Waals surface area contributed by atoms with Crippen molar-refractivity contribution in [2.24, 2.45) is 0 Å². The van der Waals surface area contributed by atoms with Crippen LogP contribution in [0.3, 0.4) is 0 Å². The van der Waals surface area contributed by atoms with Gasteiger partial charge in [-0.05, 0) is 37.0 Å². The molecule has 0 fully saturated rings. The molecule has 0 unspecified atom stereocenters. The molecule has 4 aromatic rings. The Balaban J connectivity index is 1.31. The minimum absolute atomic E-state index is 0.0800. The Labute approximate surface area is 241 Å². The van der Waals surface area contributed by atoms with Crippen molar-refractivity contribution in [2.45, 2.75) is 37.4 Å². The van der Waals surface area contributed by atoms with Gasteiger partial charge < -0.3 is 19.4 Å². The van der Waals surface area contributed by atoms with Gasteiger partial charge in [0, 0.05) is 36.4 Å². The summed E-state index contributed by atoms with van der Waals surface area (Å²) >= 11 is 1.73. The predicted octanol–water partition coefficient (Wildman–Crippen LogP) is 7.04. The highest BCUT2D eigenvalue weighted by Gasteiger charge is 2.19. The van der Waals surface area contributed by atoms with E-state index >= 15 is 0 Å². The molecule has 0 saturated carbocycles. The lowest BCUT2D eigenvalue weighted by Gasteiger charge is -2.11. The summed E-state index contributed by atoms with van der Waals surface area (Å²) in [4.78, 5) is 17.5. The van der Waals surface area contributed by atoms with E-state index in [-0.39, 0.29) is 5.91 Å². The quantitative estimate of drug-likeness (QED) is 0.0968. The van der Waals surface area contributed by atoms with E-state index in [0.717, 1.165) is 58.2 Å². The van der Waals surface area contributed by atoms with Gasteiger partial charge >= 0.3 is 0 Å². The molecule has 0 aliphatic heterocycles. The predicted molar refractivity (Wildman–Crippen MR) is 164 cm³/mol. The van der Waals surface area contributed by atoms with Crippen molar-refractivity contribution < 1.29 is 14.3 Å². The van der Waals surface area contributed by atoms with Gasteiger partial charge in [0.25, 0.3) is 0 Å². The molecule has 1 heterocycles. The number of benzene rings is 3. The zero-order valence-corrected chi connectivity index (χ0v) is 24.1. The molecular formula is C33H37N3O3S. The molecule has 0 saturated heterocycles. The van der Waals surface area contributed by atoms with E-state index in [1.54, 1.807) is 26.0 Å². The van der Waals surface area contributed by atoms with E-state index in [0.29, 0.717) is 31.0 Å². The minimum atomic E-state index is 0.0800. The van der Waals surface area contributed by atoms with Crippen molar-refractivity contribution in [3.8, 4) is 34.0 Å². The van der Waals surface area contributed by atoms with Gasteiger partial charge in [0.1, 0.15) is 0 Å². The smallest absolute Gasteiger partial charge is 0.220 e. The second-order valence-electron chi connectivity index (χ2n) is 9.32. The molecule has 0 aliphatic rings. The van der Waals surface area contributed by atoms with Crippen LogP contribution in [0.25, 0.3) is 22.5 Å². The molecule has 6 nitrogen and oxygen atoms in total. The van der Waals surface area contributed by atoms with Crippen LogP contribution in [0.1, 0.15) is 24.8 Å². The normalized spacial score (nSPS) is 10.8. The number of amides is 1. The van der Waals surface area contributed by atoms with Gasteiger partial charge in [-0.3, -0.25) is 4.79 Å². The van der Waals surface area contributed by atoms with Gasteiger partial charge in [0.05, 0.1) is 25.6 Å². The Morgan fingerprint density at radius 2 is 1.65 bits per heavy atom. The average molecular weight is 556 g/mol. The fourth-order valence-corrected chi connectivity index (χ4v) is 5.56. The second kappa shape index (κ2) is 15.0. The number of thioether (sulfide) groups is 1. The highest BCUT2D eigenvalue weighted by atomic mass is 32.2. The molecule has 1 amide bonds. The van der Waals surface area contributed by atoms with Crippen molar-refractivity contribution in [2.75, 3.05) is 26.5 Å². The maximum Gasteiger partial charge on any atom is 0.220 e. The second-order valence-corrected chi connectivity index (χ2v) is 10.4. The molecule has 40 heavy (non-hydrogen) atoms. The highest BCUT2D eigenvalue weighted by Crippen LogP contribution is 2.36. The molecule has 7 heteroatoms. The number of unbranched alkanes of at least 4 members (excludes halogenated alkanes) is 1. The molecule has 0 bridgehead atoms. The summed E-state index contributed by atoms with van der Waals surface area (Å²) in [5, 5.41) is 4.00. The standard InChI is InChI=1S/C33H37N3O3S/c1-4-22-36-32(27-15-9-6-10-16-27)31(26-13-7-5-8-14-26)35-33(36)40-23-12-11-17-30(37)34-21-20-25-18-19-28(38-2)29(24-25)39-3/h4-10,13-16,18-19,24H,1,11-12,17,20-23H2,2-3H3,(H,34,37). The molecule has 1 N–H and O–H groups in total. The van der Waals surface area contributed by atoms with Gasteiger partial charge in [-0.15, -0.1) is 6.58 Å². The first kappa shape index (κ1) is 29.0. The number of nitrogens with one attached hydrogen (secondary N) is 1. The number of carbonyl (C=O) groups is 1. The number of rotatable bonds is 15. The van der Waals surface area contributed by atoms with Gasteiger partial charge in [-0.25, -0.2) is 4.98 Å². The molecule has 208 valence electrons. The topological polar surface area (TPSA) is 65.4 Å². The lowest BCUT2D eigenvalue weighted by molar-refractivity contribution is -0.121. The van der Waals surface area contributed by atoms with Crippen LogP contribution in [-0.2, 0) is 17.8 Å². The first-order chi connectivity index (χ1) is 19.6. The van der Waals surface area contributed by atoms with E-state index in [4.69, 9.17) is 14.5 Å². The third kappa shape index (κ3) is 7.57. The first-order valence-corrected chi connectivity index (χ1v) is 14.6. The summed E-state index contributed by atoms with van der Waals surface area (Å²) in [5.41, 5.74) is 5.39. The summed E-state index contributed by atoms with van der Waals surface area (Å²) in [5.74, 6) is 2.36. The number of methoxy groups -OCH3 is 2. The van der Waals surface area contributed by atoms with Crippen LogP contribution < -0.4 is 14.8 Å². The third-order valence-corrected chi connectivity index (χ3v) is 7.61. The number of carbonyl (C=O) groups excluding carboxylic acids is 1. The number of aromatic nitrogens is 2. The van der Waals surface area contributed by atoms with Crippen LogP contribution >= 0.6 is 11.8 Å². The Morgan fingerprint density at radius 1 is 0.950 bits per heavy atom. The van der Waals surface area contributed by atoms with Crippen LogP contribution in [-0.4, -0.2) is 42.0 Å². The largest absolute Gasteiger partial charge is 0.493 e. The van der Waals surface area contributed by atoms with Crippen molar-refractivity contribution >= 4 is 17.7 Å². The van der Waals surface area contributed by atoms with Crippen molar-refractivity contribution in [1.29, 1.82) is 0 Å². The van der Waals surface area contributed by atoms with E-state index in [1.807, 2.05) is 48.5 Å². The molecule has 0 atom stereocenters. The fourth-order valence-electron chi connectivity index (χ4n) is 4.55. The van der Waals surface area contributed by atoms with Crippen LogP contribution in [0, 0.1) is 0 Å². The fraction of sp³-hybridized carbons (Fsp3) is 0.273. The van der Waals surface area contributed by atoms with Gasteiger partial charge in [-0.1, -0.05) is 84.6 Å². The van der Waals surface area contributed by atoms with Crippen molar-refractivity contribution in [3.63, 3.8) is 0 Å². The number of hydrogen-bond acceptors (Lipinski definition) is 5. The third-order valence-electron chi connectivity index (χ3n) is 6.55. The van der Waals surface area contributed by atoms with Gasteiger partial charge in [0.2, 0.25) is 5.91 Å². The lowest BCUT2D eigenvalue weighted by Crippen LogP contribution is -2.25. The Bertz CT molecular complexity index is 1390. The Kier molecular flexibility index (Phi) is 10.9. The number of hydrogen-bond donors (Lipinski definition) is 1. The molecule has 3 aromatic carbocycles. The maximum atomic E-state index is 12.4. The number of nitrogens with zero attached hydrogens (tertiary/aromatic N) is 2. The first-order valence-electron chi connectivity index (χ1n) is 13.6. The summed E-state index contributed by atoms with van der Waals surface area (Å²) < 4.78 is 12.9. The van der Waals surface area contributed by atoms with Gasteiger partial charge in [0.15, 0.2) is 16.7 Å². The molecule has 0 radical (unpaired) electrons. The SMILES string of the molecule is C=CCn1c(SCCCCC(=O)NCCc2ccc(OC)c(OC)c2)nc(-c2ccccc2)c1-c1ccccc1. The minimum Gasteiger partial charge on any atom is -0.493 e. The van der Waals surface area contributed by atoms with Crippen LogP contribution in [0.5, 0.6) is 11.5 Å². The van der Waals surface area contributed by atoms with Crippen LogP contribution in [0.2, 0.25) is 0 Å². The molecule has 0 spiro atoms. The van der Waals surface area contributed by atoms with E-state index < -0.39 is 0 Å². The molecule has 4 rings (SSSR count). The summed E-state index contributed by atoms with van der Waals surface area (Å²) in [7, 11) is 3.24. The summed E-state index contributed by atoms with van der Waals surface area (Å²) in [6.45, 7) is 5.25. The Morgan fingerprint density at radius 3 is 2.33 bits per heavy atom. The number of imidazole rings is 1. The van der Waals surface area contributed by atoms with Crippen LogP contribution in [0.15, 0.2) is 96.7 Å². The van der Waals surface area contributed by atoms with Crippen molar-refractivity contribution in [1.82, 2.24) is 14.9 Å². The molecule has 0 aliphatic carbocycles. The lowest BCUT2D eigenvalue weighted by atomic mass is 10.0. The zero-order chi connectivity index (χ0) is 28.2. The summed E-state index contributed by atoms with van der Waals surface area (Å²) in [6, 6.07) is 26.5. The van der Waals surface area contributed by atoms with Crippen LogP contribution in [0.4, 0.5) is 0 Å². The van der Waals surface area contributed by atoms with E-state index in [9.17, 15) is 4.79 Å². The summed E-state index contributed by atoms with van der Waals surface area (Å²) in [6.07, 6.45) is 4.92. The van der Waals surface area contributed by atoms with Crippen molar-refractivity contribution in [3.05, 3.63) is 97.1 Å². The molecule has 1 aromatic heterocycles. The monoisotopic (exact) mass is 555 g/mol.